The molecule has 0 bridgehead atoms. The van der Waals surface area contributed by atoms with Crippen LogP contribution in [0.1, 0.15) is 20.3 Å². The van der Waals surface area contributed by atoms with Crippen LogP contribution in [0.15, 0.2) is 24.3 Å². The van der Waals surface area contributed by atoms with E-state index >= 15 is 0 Å². The van der Waals surface area contributed by atoms with Crippen LogP contribution in [0, 0.1) is 5.41 Å². The SMILES string of the molecule is COCO[C@@H](CC(C)(C)/C=C/C=C/COCOCC[Si](C)(C)C)[C@H](OCOC)C(=O)COC(=O)CBr. The van der Waals surface area contributed by atoms with Crippen LogP contribution in [-0.4, -0.2) is 91.8 Å². The number of rotatable bonds is 22. The molecule has 210 valence electrons. The summed E-state index contributed by atoms with van der Waals surface area (Å²) in [5.41, 5.74) is -0.356. The smallest absolute Gasteiger partial charge is 0.316 e. The van der Waals surface area contributed by atoms with Crippen molar-refractivity contribution in [3.05, 3.63) is 24.3 Å². The number of hydrogen-bond donors (Lipinski definition) is 0. The highest BCUT2D eigenvalue weighted by Gasteiger charge is 2.34. The number of ether oxygens (including phenoxy) is 7. The molecule has 0 N–H and O–H groups in total. The normalized spacial score (nSPS) is 14.4. The third-order valence-electron chi connectivity index (χ3n) is 4.80. The van der Waals surface area contributed by atoms with Crippen molar-refractivity contribution in [3.8, 4) is 0 Å². The third-order valence-corrected chi connectivity index (χ3v) is 6.97. The van der Waals surface area contributed by atoms with Crippen molar-refractivity contribution in [2.45, 2.75) is 58.2 Å². The average molecular weight is 598 g/mol. The first kappa shape index (κ1) is 35.1. The summed E-state index contributed by atoms with van der Waals surface area (Å²) in [7, 11) is 1.87. The Kier molecular flexibility index (Phi) is 19.6. The molecule has 0 spiro atoms. The summed E-state index contributed by atoms with van der Waals surface area (Å²) < 4.78 is 37.4. The van der Waals surface area contributed by atoms with Crippen molar-refractivity contribution < 1.29 is 42.7 Å². The number of halogens is 1. The number of methoxy groups -OCH3 is 2. The van der Waals surface area contributed by atoms with Gasteiger partial charge in [-0.15, -0.1) is 0 Å². The molecule has 36 heavy (non-hydrogen) atoms. The Labute approximate surface area is 225 Å². The zero-order chi connectivity index (χ0) is 27.5. The lowest BCUT2D eigenvalue weighted by Gasteiger charge is -2.31. The molecule has 0 aliphatic heterocycles. The van der Waals surface area contributed by atoms with E-state index in [1.807, 2.05) is 38.2 Å². The first-order chi connectivity index (χ1) is 17.0. The third kappa shape index (κ3) is 19.2. The Morgan fingerprint density at radius 1 is 0.972 bits per heavy atom. The van der Waals surface area contributed by atoms with E-state index in [1.165, 1.54) is 14.2 Å². The van der Waals surface area contributed by atoms with E-state index in [4.69, 9.17) is 33.2 Å². The van der Waals surface area contributed by atoms with Gasteiger partial charge in [0, 0.05) is 28.9 Å². The lowest BCUT2D eigenvalue weighted by Crippen LogP contribution is -2.43. The number of ketones is 1. The van der Waals surface area contributed by atoms with Gasteiger partial charge in [-0.05, 0) is 17.9 Å². The number of carbonyl (C=O) groups is 2. The van der Waals surface area contributed by atoms with E-state index in [2.05, 4.69) is 35.6 Å². The van der Waals surface area contributed by atoms with Crippen molar-refractivity contribution in [1.29, 1.82) is 0 Å². The Hall–Kier alpha value is -0.923. The van der Waals surface area contributed by atoms with E-state index in [0.29, 0.717) is 13.0 Å². The number of hydrogen-bond acceptors (Lipinski definition) is 9. The van der Waals surface area contributed by atoms with Gasteiger partial charge in [-0.25, -0.2) is 0 Å². The number of esters is 1. The van der Waals surface area contributed by atoms with Gasteiger partial charge in [-0.2, -0.15) is 0 Å². The van der Waals surface area contributed by atoms with Crippen molar-refractivity contribution in [1.82, 2.24) is 0 Å². The second kappa shape index (κ2) is 20.1. The monoisotopic (exact) mass is 596 g/mol. The molecular weight excluding hydrogens is 552 g/mol. The number of Topliss-reactive ketones (excluding diaryl/α,β-unsaturated/α-hetero) is 1. The van der Waals surface area contributed by atoms with Gasteiger partial charge in [-0.3, -0.25) is 9.59 Å². The summed E-state index contributed by atoms with van der Waals surface area (Å²) in [5, 5.41) is -0.00448. The molecule has 0 rings (SSSR count). The van der Waals surface area contributed by atoms with Gasteiger partial charge in [0.05, 0.1) is 12.7 Å². The second-order valence-corrected chi connectivity index (χ2v) is 16.2. The van der Waals surface area contributed by atoms with Crippen molar-refractivity contribution in [2.75, 3.05) is 59.7 Å². The highest BCUT2D eigenvalue weighted by atomic mass is 79.9. The Morgan fingerprint density at radius 3 is 2.25 bits per heavy atom. The predicted octanol–water partition coefficient (Wildman–Crippen LogP) is 4.33. The summed E-state index contributed by atoms with van der Waals surface area (Å²) in [6, 6.07) is 1.12. The minimum atomic E-state index is -1.09. The maximum absolute atomic E-state index is 12.8. The number of carbonyl (C=O) groups excluding carboxylic acids is 2. The first-order valence-electron chi connectivity index (χ1n) is 11.9. The fourth-order valence-corrected chi connectivity index (χ4v) is 3.80. The summed E-state index contributed by atoms with van der Waals surface area (Å²) in [4.78, 5) is 24.2. The van der Waals surface area contributed by atoms with Gasteiger partial charge < -0.3 is 33.2 Å². The van der Waals surface area contributed by atoms with Crippen LogP contribution >= 0.6 is 15.9 Å². The summed E-state index contributed by atoms with van der Waals surface area (Å²) in [6.45, 7) is 11.9. The van der Waals surface area contributed by atoms with Crippen LogP contribution in [0.2, 0.25) is 25.7 Å². The molecule has 0 saturated heterocycles. The molecule has 0 aliphatic rings. The van der Waals surface area contributed by atoms with Gasteiger partial charge >= 0.3 is 5.97 Å². The topological polar surface area (TPSA) is 98.8 Å². The maximum Gasteiger partial charge on any atom is 0.316 e. The Morgan fingerprint density at radius 2 is 1.64 bits per heavy atom. The minimum absolute atomic E-state index is 0.00448. The van der Waals surface area contributed by atoms with Gasteiger partial charge in [-0.1, -0.05) is 73.7 Å². The highest BCUT2D eigenvalue weighted by Crippen LogP contribution is 2.28. The van der Waals surface area contributed by atoms with Crippen molar-refractivity contribution in [2.24, 2.45) is 5.41 Å². The zero-order valence-electron chi connectivity index (χ0n) is 22.9. The quantitative estimate of drug-likeness (QED) is 0.0451. The molecule has 0 aromatic heterocycles. The molecule has 2 atom stereocenters. The average Bonchev–Trinajstić information content (AvgIpc) is 2.81. The molecule has 9 nitrogen and oxygen atoms in total. The molecule has 0 saturated carbocycles. The maximum atomic E-state index is 12.8. The lowest BCUT2D eigenvalue weighted by atomic mass is 9.84. The first-order valence-corrected chi connectivity index (χ1v) is 16.7. The fourth-order valence-electron chi connectivity index (χ4n) is 2.88. The summed E-state index contributed by atoms with van der Waals surface area (Å²) in [6.07, 6.45) is 6.52. The minimum Gasteiger partial charge on any atom is -0.457 e. The molecule has 0 aromatic carbocycles. The van der Waals surface area contributed by atoms with Crippen molar-refractivity contribution >= 4 is 35.8 Å². The van der Waals surface area contributed by atoms with Gasteiger partial charge in [0.2, 0.25) is 5.78 Å². The summed E-state index contributed by atoms with van der Waals surface area (Å²) >= 11 is 3.00. The summed E-state index contributed by atoms with van der Waals surface area (Å²) in [5.74, 6) is -0.966. The van der Waals surface area contributed by atoms with E-state index in [9.17, 15) is 9.59 Å². The van der Waals surface area contributed by atoms with E-state index in [-0.39, 0.29) is 31.1 Å². The molecule has 0 fully saturated rings. The molecular formula is C25H45BrO9Si. The van der Waals surface area contributed by atoms with Crippen LogP contribution < -0.4 is 0 Å². The lowest BCUT2D eigenvalue weighted by molar-refractivity contribution is -0.178. The second-order valence-electron chi connectivity index (χ2n) is 10.1. The number of allylic oxidation sites excluding steroid dienone is 3. The molecule has 0 aliphatic carbocycles. The van der Waals surface area contributed by atoms with Gasteiger partial charge in [0.15, 0.2) is 6.61 Å². The number of alkyl halides is 1. The van der Waals surface area contributed by atoms with Gasteiger partial charge in [0.25, 0.3) is 0 Å². The molecule has 0 radical (unpaired) electrons. The van der Waals surface area contributed by atoms with Crippen LogP contribution in [0.5, 0.6) is 0 Å². The molecule has 11 heteroatoms. The molecule has 0 amide bonds. The highest BCUT2D eigenvalue weighted by molar-refractivity contribution is 9.09. The van der Waals surface area contributed by atoms with E-state index < -0.39 is 38.6 Å². The molecule has 0 heterocycles. The van der Waals surface area contributed by atoms with E-state index in [0.717, 1.165) is 12.7 Å². The predicted molar refractivity (Wildman–Crippen MR) is 145 cm³/mol. The van der Waals surface area contributed by atoms with Crippen molar-refractivity contribution in [3.63, 3.8) is 0 Å². The largest absolute Gasteiger partial charge is 0.457 e. The van der Waals surface area contributed by atoms with Crippen LogP contribution in [0.25, 0.3) is 0 Å². The van der Waals surface area contributed by atoms with E-state index in [1.54, 1.807) is 0 Å². The Balaban J connectivity index is 4.92. The van der Waals surface area contributed by atoms with Crippen LogP contribution in [0.4, 0.5) is 0 Å². The fraction of sp³-hybridized carbons (Fsp3) is 0.760. The Bertz CT molecular complexity index is 662. The molecule has 0 unspecified atom stereocenters. The standard InChI is InChI=1S/C25H45BrO9Si/c1-25(2,11-9-8-10-12-31-20-32-13-14-36(5,6)7)15-22(34-18-29-3)24(35-19-30-4)21(27)17-33-23(28)16-26/h8-11,22,24H,12-20H2,1-7H3/b10-8+,11-9+/t22-,24+/m0/s1. The van der Waals surface area contributed by atoms with Gasteiger partial charge in [0.1, 0.15) is 31.8 Å². The van der Waals surface area contributed by atoms with Crippen LogP contribution in [-0.2, 0) is 42.7 Å². The zero-order valence-corrected chi connectivity index (χ0v) is 25.5. The molecule has 0 aromatic rings. The van der Waals surface area contributed by atoms with Crippen LogP contribution in [0.3, 0.4) is 0 Å².